The quantitative estimate of drug-likeness (QED) is 0.882. The highest BCUT2D eigenvalue weighted by Gasteiger charge is 2.11. The van der Waals surface area contributed by atoms with Crippen LogP contribution in [0.5, 0.6) is 11.5 Å². The van der Waals surface area contributed by atoms with Gasteiger partial charge in [0, 0.05) is 36.6 Å². The molecular weight excluding hydrogens is 304 g/mol. The zero-order valence-electron chi connectivity index (χ0n) is 14.2. The Morgan fingerprint density at radius 1 is 1.00 bits per heavy atom. The number of benzene rings is 2. The number of ether oxygens (including phenoxy) is 3. The Morgan fingerprint density at radius 3 is 2.42 bits per heavy atom. The van der Waals surface area contributed by atoms with Crippen molar-refractivity contribution in [1.82, 2.24) is 0 Å². The third-order valence-electron chi connectivity index (χ3n) is 4.21. The first-order valence-electron chi connectivity index (χ1n) is 8.18. The molecule has 5 nitrogen and oxygen atoms in total. The molecule has 0 unspecified atom stereocenters. The smallest absolute Gasteiger partial charge is 0.165 e. The lowest BCUT2D eigenvalue weighted by Crippen LogP contribution is -2.36. The van der Waals surface area contributed by atoms with Crippen LogP contribution >= 0.6 is 0 Å². The van der Waals surface area contributed by atoms with E-state index in [9.17, 15) is 0 Å². The van der Waals surface area contributed by atoms with Gasteiger partial charge in [0.2, 0.25) is 0 Å². The Kier molecular flexibility index (Phi) is 5.43. The molecule has 1 N–H and O–H groups in total. The summed E-state index contributed by atoms with van der Waals surface area (Å²) in [4.78, 5) is 2.35. The maximum absolute atomic E-state index is 5.47. The monoisotopic (exact) mass is 328 g/mol. The summed E-state index contributed by atoms with van der Waals surface area (Å²) in [6.07, 6.45) is 0. The number of hydrogen-bond donors (Lipinski definition) is 1. The van der Waals surface area contributed by atoms with Gasteiger partial charge in [0.25, 0.3) is 0 Å². The number of anilines is 2. The van der Waals surface area contributed by atoms with Crippen molar-refractivity contribution in [3.63, 3.8) is 0 Å². The van der Waals surface area contributed by atoms with Gasteiger partial charge in [0.1, 0.15) is 0 Å². The number of hydrogen-bond acceptors (Lipinski definition) is 5. The molecule has 1 saturated heterocycles. The van der Waals surface area contributed by atoms with Crippen molar-refractivity contribution in [2.24, 2.45) is 0 Å². The second-order valence-corrected chi connectivity index (χ2v) is 5.65. The van der Waals surface area contributed by atoms with Gasteiger partial charge in [0.15, 0.2) is 11.5 Å². The van der Waals surface area contributed by atoms with Crippen LogP contribution in [0.15, 0.2) is 42.5 Å². The van der Waals surface area contributed by atoms with E-state index in [4.69, 9.17) is 14.2 Å². The number of rotatable bonds is 6. The molecule has 0 spiro atoms. The van der Waals surface area contributed by atoms with Crippen LogP contribution in [0.2, 0.25) is 0 Å². The Bertz CT molecular complexity index is 652. The van der Waals surface area contributed by atoms with Crippen LogP contribution in [0.1, 0.15) is 5.56 Å². The molecule has 0 radical (unpaired) electrons. The van der Waals surface area contributed by atoms with Crippen LogP contribution in [0.25, 0.3) is 0 Å². The summed E-state index contributed by atoms with van der Waals surface area (Å²) in [5.41, 5.74) is 3.38. The summed E-state index contributed by atoms with van der Waals surface area (Å²) in [7, 11) is 3.32. The van der Waals surface area contributed by atoms with Crippen molar-refractivity contribution >= 4 is 11.4 Å². The molecule has 5 heteroatoms. The maximum Gasteiger partial charge on any atom is 0.165 e. The van der Waals surface area contributed by atoms with Gasteiger partial charge in [-0.15, -0.1) is 0 Å². The molecule has 0 aromatic heterocycles. The first-order valence-corrected chi connectivity index (χ1v) is 8.18. The maximum atomic E-state index is 5.47. The predicted octanol–water partition coefficient (Wildman–Crippen LogP) is 3.15. The van der Waals surface area contributed by atoms with E-state index >= 15 is 0 Å². The van der Waals surface area contributed by atoms with Crippen molar-refractivity contribution in [3.8, 4) is 11.5 Å². The molecule has 24 heavy (non-hydrogen) atoms. The first kappa shape index (κ1) is 16.5. The molecule has 1 heterocycles. The third kappa shape index (κ3) is 3.74. The van der Waals surface area contributed by atoms with Crippen LogP contribution in [0, 0.1) is 0 Å². The lowest BCUT2D eigenvalue weighted by molar-refractivity contribution is 0.122. The van der Waals surface area contributed by atoms with Crippen molar-refractivity contribution in [1.29, 1.82) is 0 Å². The number of nitrogens with one attached hydrogen (secondary N) is 1. The molecule has 0 saturated carbocycles. The van der Waals surface area contributed by atoms with Gasteiger partial charge in [-0.25, -0.2) is 0 Å². The van der Waals surface area contributed by atoms with Gasteiger partial charge in [-0.05, 0) is 30.3 Å². The minimum atomic E-state index is 0.678. The topological polar surface area (TPSA) is 43.0 Å². The Labute approximate surface area is 143 Å². The van der Waals surface area contributed by atoms with Crippen LogP contribution in [-0.2, 0) is 11.3 Å². The molecule has 0 amide bonds. The minimum absolute atomic E-state index is 0.678. The lowest BCUT2D eigenvalue weighted by atomic mass is 10.1. The fourth-order valence-corrected chi connectivity index (χ4v) is 2.90. The van der Waals surface area contributed by atoms with E-state index in [0.717, 1.165) is 49.1 Å². The van der Waals surface area contributed by atoms with E-state index < -0.39 is 0 Å². The number of nitrogens with zero attached hydrogens (tertiary/aromatic N) is 1. The van der Waals surface area contributed by atoms with Crippen LogP contribution < -0.4 is 19.7 Å². The van der Waals surface area contributed by atoms with Crippen molar-refractivity contribution in [2.75, 3.05) is 50.7 Å². The second-order valence-electron chi connectivity index (χ2n) is 5.65. The van der Waals surface area contributed by atoms with E-state index in [1.807, 2.05) is 18.2 Å². The van der Waals surface area contributed by atoms with Crippen LogP contribution in [0.4, 0.5) is 11.4 Å². The lowest BCUT2D eigenvalue weighted by Gasteiger charge is -2.29. The molecule has 128 valence electrons. The SMILES string of the molecule is COc1cccc(CNc2ccc(N3CCOCC3)cc2)c1OC. The molecular formula is C19H24N2O3. The van der Waals surface area contributed by atoms with Gasteiger partial charge in [-0.1, -0.05) is 12.1 Å². The summed E-state index contributed by atoms with van der Waals surface area (Å²) >= 11 is 0. The van der Waals surface area contributed by atoms with Gasteiger partial charge >= 0.3 is 0 Å². The van der Waals surface area contributed by atoms with E-state index in [-0.39, 0.29) is 0 Å². The van der Waals surface area contributed by atoms with Gasteiger partial charge < -0.3 is 24.4 Å². The van der Waals surface area contributed by atoms with Crippen molar-refractivity contribution < 1.29 is 14.2 Å². The Morgan fingerprint density at radius 2 is 1.75 bits per heavy atom. The summed E-state index contributed by atoms with van der Waals surface area (Å²) in [6.45, 7) is 4.18. The van der Waals surface area contributed by atoms with E-state index in [2.05, 4.69) is 34.5 Å². The zero-order valence-corrected chi connectivity index (χ0v) is 14.2. The fourth-order valence-electron chi connectivity index (χ4n) is 2.90. The summed E-state index contributed by atoms with van der Waals surface area (Å²) < 4.78 is 16.2. The fraction of sp³-hybridized carbons (Fsp3) is 0.368. The highest BCUT2D eigenvalue weighted by atomic mass is 16.5. The number of morpholine rings is 1. The molecule has 1 aliphatic rings. The van der Waals surface area contributed by atoms with Gasteiger partial charge in [-0.2, -0.15) is 0 Å². The summed E-state index contributed by atoms with van der Waals surface area (Å²) in [6, 6.07) is 14.4. The van der Waals surface area contributed by atoms with Gasteiger partial charge in [0.05, 0.1) is 27.4 Å². The average Bonchev–Trinajstić information content (AvgIpc) is 2.67. The number of methoxy groups -OCH3 is 2. The highest BCUT2D eigenvalue weighted by Crippen LogP contribution is 2.31. The molecule has 0 atom stereocenters. The van der Waals surface area contributed by atoms with Gasteiger partial charge in [-0.3, -0.25) is 0 Å². The third-order valence-corrected chi connectivity index (χ3v) is 4.21. The Hall–Kier alpha value is -2.40. The minimum Gasteiger partial charge on any atom is -0.493 e. The molecule has 1 fully saturated rings. The standard InChI is InChI=1S/C19H24N2O3/c1-22-18-5-3-4-15(19(18)23-2)14-20-16-6-8-17(9-7-16)21-10-12-24-13-11-21/h3-9,20H,10-14H2,1-2H3. The van der Waals surface area contributed by atoms with Crippen molar-refractivity contribution in [2.45, 2.75) is 6.54 Å². The van der Waals surface area contributed by atoms with Crippen LogP contribution in [0.3, 0.4) is 0 Å². The molecule has 3 rings (SSSR count). The highest BCUT2D eigenvalue weighted by molar-refractivity contribution is 5.56. The molecule has 0 bridgehead atoms. The first-order chi connectivity index (χ1) is 11.8. The molecule has 2 aromatic carbocycles. The largest absolute Gasteiger partial charge is 0.493 e. The van der Waals surface area contributed by atoms with Crippen molar-refractivity contribution in [3.05, 3.63) is 48.0 Å². The van der Waals surface area contributed by atoms with E-state index in [0.29, 0.717) is 6.54 Å². The average molecular weight is 328 g/mol. The summed E-state index contributed by atoms with van der Waals surface area (Å²) in [5.74, 6) is 1.52. The number of para-hydroxylation sites is 1. The predicted molar refractivity (Wildman–Crippen MR) is 96.3 cm³/mol. The van der Waals surface area contributed by atoms with E-state index in [1.165, 1.54) is 5.69 Å². The molecule has 0 aliphatic carbocycles. The molecule has 2 aromatic rings. The van der Waals surface area contributed by atoms with Crippen LogP contribution in [-0.4, -0.2) is 40.5 Å². The van der Waals surface area contributed by atoms with E-state index in [1.54, 1.807) is 14.2 Å². The normalized spacial score (nSPS) is 14.3. The summed E-state index contributed by atoms with van der Waals surface area (Å²) in [5, 5.41) is 3.44. The molecule has 1 aliphatic heterocycles. The zero-order chi connectivity index (χ0) is 16.8. The Balaban J connectivity index is 1.64. The second kappa shape index (κ2) is 7.93.